The average molecular weight is 399 g/mol. The summed E-state index contributed by atoms with van der Waals surface area (Å²) in [5.41, 5.74) is 8.96. The Morgan fingerprint density at radius 1 is 1.15 bits per heavy atom. The van der Waals surface area contributed by atoms with Gasteiger partial charge < -0.3 is 20.7 Å². The van der Waals surface area contributed by atoms with Crippen molar-refractivity contribution in [1.82, 2.24) is 4.98 Å². The number of carbonyl (C=O) groups excluding carboxylic acids is 1. The molecule has 3 N–H and O–H groups in total. The Balaban J connectivity index is 0.00000169. The van der Waals surface area contributed by atoms with Crippen molar-refractivity contribution in [1.29, 1.82) is 0 Å². The maximum atomic E-state index is 12.3. The minimum atomic E-state index is -0.716. The number of aromatic nitrogens is 1. The van der Waals surface area contributed by atoms with Crippen molar-refractivity contribution in [2.24, 2.45) is 5.73 Å². The molecule has 2 heterocycles. The molecular formula is C18H24Cl2N4O2. The first-order valence-electron chi connectivity index (χ1n) is 8.05. The lowest BCUT2D eigenvalue weighted by atomic mass is 10.1. The number of nitrogens with one attached hydrogen (secondary N) is 1. The second kappa shape index (κ2) is 10.3. The maximum absolute atomic E-state index is 12.3. The quantitative estimate of drug-likeness (QED) is 0.827. The molecule has 1 aromatic heterocycles. The van der Waals surface area contributed by atoms with Gasteiger partial charge >= 0.3 is 0 Å². The van der Waals surface area contributed by atoms with Gasteiger partial charge in [0.1, 0.15) is 11.9 Å². The fourth-order valence-corrected chi connectivity index (χ4v) is 2.60. The highest BCUT2D eigenvalue weighted by atomic mass is 35.5. The minimum Gasteiger partial charge on any atom is -0.378 e. The molecule has 1 fully saturated rings. The lowest BCUT2D eigenvalue weighted by Crippen LogP contribution is -2.36. The number of benzene rings is 1. The van der Waals surface area contributed by atoms with Gasteiger partial charge in [0.2, 0.25) is 5.91 Å². The second-order valence-electron chi connectivity index (χ2n) is 5.88. The number of anilines is 2. The molecule has 142 valence electrons. The average Bonchev–Trinajstić information content (AvgIpc) is 2.63. The van der Waals surface area contributed by atoms with Crippen LogP contribution in [-0.2, 0) is 9.53 Å². The molecule has 1 saturated heterocycles. The first-order chi connectivity index (χ1) is 11.6. The number of hydrogen-bond acceptors (Lipinski definition) is 5. The normalized spacial score (nSPS) is 14.6. The lowest BCUT2D eigenvalue weighted by Gasteiger charge is -2.28. The first kappa shape index (κ1) is 22.2. The number of nitrogens with two attached hydrogens (primary N) is 1. The maximum Gasteiger partial charge on any atom is 0.247 e. The van der Waals surface area contributed by atoms with E-state index in [1.165, 1.54) is 0 Å². The van der Waals surface area contributed by atoms with E-state index in [9.17, 15) is 4.79 Å². The van der Waals surface area contributed by atoms with Gasteiger partial charge in [-0.25, -0.2) is 4.98 Å². The number of aryl methyl sites for hydroxylation is 1. The van der Waals surface area contributed by atoms with Gasteiger partial charge in [0.15, 0.2) is 0 Å². The van der Waals surface area contributed by atoms with Crippen LogP contribution < -0.4 is 16.0 Å². The van der Waals surface area contributed by atoms with Crippen LogP contribution >= 0.6 is 24.8 Å². The highest BCUT2D eigenvalue weighted by molar-refractivity contribution is 5.94. The molecular weight excluding hydrogens is 375 g/mol. The van der Waals surface area contributed by atoms with Crippen molar-refractivity contribution < 1.29 is 9.53 Å². The zero-order valence-corrected chi connectivity index (χ0v) is 16.2. The Labute approximate surface area is 165 Å². The number of carbonyl (C=O) groups is 1. The monoisotopic (exact) mass is 398 g/mol. The summed E-state index contributed by atoms with van der Waals surface area (Å²) in [6.07, 6.45) is 1.76. The number of ether oxygens (including phenoxy) is 1. The van der Waals surface area contributed by atoms with E-state index < -0.39 is 6.04 Å². The third kappa shape index (κ3) is 5.57. The van der Waals surface area contributed by atoms with Crippen LogP contribution in [0.25, 0.3) is 0 Å². The summed E-state index contributed by atoms with van der Waals surface area (Å²) in [7, 11) is 0. The van der Waals surface area contributed by atoms with Gasteiger partial charge in [0.25, 0.3) is 0 Å². The van der Waals surface area contributed by atoms with Crippen molar-refractivity contribution in [3.63, 3.8) is 0 Å². The molecule has 26 heavy (non-hydrogen) atoms. The van der Waals surface area contributed by atoms with Crippen LogP contribution in [0, 0.1) is 6.92 Å². The SMILES string of the molecule is Cc1ccc(C(N)C(=O)Nc2ccc(N3CCOCC3)cn2)cc1.Cl.Cl. The molecule has 1 aliphatic heterocycles. The highest BCUT2D eigenvalue weighted by Gasteiger charge is 2.17. The molecule has 3 rings (SSSR count). The number of rotatable bonds is 4. The van der Waals surface area contributed by atoms with Gasteiger partial charge in [0, 0.05) is 13.1 Å². The van der Waals surface area contributed by atoms with Crippen molar-refractivity contribution >= 4 is 42.2 Å². The van der Waals surface area contributed by atoms with Crippen LogP contribution in [0.1, 0.15) is 17.2 Å². The molecule has 0 saturated carbocycles. The Hall–Kier alpha value is -1.86. The van der Waals surface area contributed by atoms with E-state index in [4.69, 9.17) is 10.5 Å². The van der Waals surface area contributed by atoms with Crippen LogP contribution in [0.5, 0.6) is 0 Å². The van der Waals surface area contributed by atoms with Gasteiger partial charge in [-0.3, -0.25) is 4.79 Å². The summed E-state index contributed by atoms with van der Waals surface area (Å²) in [6, 6.07) is 10.7. The van der Waals surface area contributed by atoms with Gasteiger partial charge in [0.05, 0.1) is 25.1 Å². The van der Waals surface area contributed by atoms with Crippen LogP contribution in [0.4, 0.5) is 11.5 Å². The first-order valence-corrected chi connectivity index (χ1v) is 8.05. The standard InChI is InChI=1S/C18H22N4O2.2ClH/c1-13-2-4-14(5-3-13)17(19)18(23)21-16-7-6-15(12-20-16)22-8-10-24-11-9-22;;/h2-7,12,17H,8-11,19H2,1H3,(H,20,21,23);2*1H. The van der Waals surface area contributed by atoms with E-state index in [2.05, 4.69) is 15.2 Å². The fraction of sp³-hybridized carbons (Fsp3) is 0.333. The predicted molar refractivity (Wildman–Crippen MR) is 109 cm³/mol. The fourth-order valence-electron chi connectivity index (χ4n) is 2.60. The van der Waals surface area contributed by atoms with E-state index in [0.717, 1.165) is 43.1 Å². The van der Waals surface area contributed by atoms with Crippen LogP contribution in [0.3, 0.4) is 0 Å². The molecule has 1 unspecified atom stereocenters. The van der Waals surface area contributed by atoms with Gasteiger partial charge in [-0.05, 0) is 24.6 Å². The third-order valence-corrected chi connectivity index (χ3v) is 4.09. The van der Waals surface area contributed by atoms with Crippen LogP contribution in [0.15, 0.2) is 42.6 Å². The van der Waals surface area contributed by atoms with Crippen LogP contribution in [-0.4, -0.2) is 37.2 Å². The summed E-state index contributed by atoms with van der Waals surface area (Å²) in [4.78, 5) is 18.8. The molecule has 6 nitrogen and oxygen atoms in total. The minimum absolute atomic E-state index is 0. The molecule has 0 aliphatic carbocycles. The zero-order valence-electron chi connectivity index (χ0n) is 14.6. The lowest BCUT2D eigenvalue weighted by molar-refractivity contribution is -0.117. The molecule has 1 aliphatic rings. The van der Waals surface area contributed by atoms with E-state index >= 15 is 0 Å². The molecule has 1 amide bonds. The summed E-state index contributed by atoms with van der Waals surface area (Å²) in [5.74, 6) is 0.227. The van der Waals surface area contributed by atoms with Gasteiger partial charge in [-0.2, -0.15) is 0 Å². The van der Waals surface area contributed by atoms with E-state index in [1.54, 1.807) is 12.3 Å². The van der Waals surface area contributed by atoms with Crippen molar-refractivity contribution in [3.05, 3.63) is 53.7 Å². The second-order valence-corrected chi connectivity index (χ2v) is 5.88. The molecule has 2 aromatic rings. The van der Waals surface area contributed by atoms with Crippen molar-refractivity contribution in [2.75, 3.05) is 36.5 Å². The Kier molecular flexibility index (Phi) is 8.81. The molecule has 1 atom stereocenters. The molecule has 0 spiro atoms. The molecule has 1 aromatic carbocycles. The number of hydrogen-bond donors (Lipinski definition) is 2. The van der Waals surface area contributed by atoms with Gasteiger partial charge in [-0.1, -0.05) is 29.8 Å². The zero-order chi connectivity index (χ0) is 16.9. The number of morpholine rings is 1. The van der Waals surface area contributed by atoms with Crippen molar-refractivity contribution in [3.8, 4) is 0 Å². The van der Waals surface area contributed by atoms with Gasteiger partial charge in [-0.15, -0.1) is 24.8 Å². The largest absolute Gasteiger partial charge is 0.378 e. The summed E-state index contributed by atoms with van der Waals surface area (Å²) in [6.45, 7) is 5.15. The Bertz CT molecular complexity index is 689. The smallest absolute Gasteiger partial charge is 0.247 e. The molecule has 0 radical (unpaired) electrons. The highest BCUT2D eigenvalue weighted by Crippen LogP contribution is 2.18. The van der Waals surface area contributed by atoms with Crippen LogP contribution in [0.2, 0.25) is 0 Å². The van der Waals surface area contributed by atoms with E-state index in [0.29, 0.717) is 5.82 Å². The Morgan fingerprint density at radius 2 is 1.81 bits per heavy atom. The van der Waals surface area contributed by atoms with Crippen molar-refractivity contribution in [2.45, 2.75) is 13.0 Å². The number of pyridine rings is 1. The summed E-state index contributed by atoms with van der Waals surface area (Å²) in [5, 5.41) is 2.77. The predicted octanol–water partition coefficient (Wildman–Crippen LogP) is 2.71. The topological polar surface area (TPSA) is 80.5 Å². The summed E-state index contributed by atoms with van der Waals surface area (Å²) < 4.78 is 5.34. The molecule has 0 bridgehead atoms. The molecule has 8 heteroatoms. The third-order valence-electron chi connectivity index (χ3n) is 4.09. The van der Waals surface area contributed by atoms with E-state index in [-0.39, 0.29) is 30.7 Å². The number of amides is 1. The van der Waals surface area contributed by atoms with E-state index in [1.807, 2.05) is 37.3 Å². The summed E-state index contributed by atoms with van der Waals surface area (Å²) >= 11 is 0. The number of nitrogens with zero attached hydrogens (tertiary/aromatic N) is 2. The Morgan fingerprint density at radius 3 is 2.38 bits per heavy atom. The number of halogens is 2.